The molecule has 0 spiro atoms. The molecule has 2 aromatic carbocycles. The van der Waals surface area contributed by atoms with Crippen LogP contribution in [0.25, 0.3) is 0 Å². The van der Waals surface area contributed by atoms with Gasteiger partial charge in [0.05, 0.1) is 0 Å². The number of nitrogens with zero attached hydrogens (tertiary/aromatic N) is 1. The van der Waals surface area contributed by atoms with Gasteiger partial charge in [0.1, 0.15) is 0 Å². The number of likely N-dealkylation sites (tertiary alicyclic amines) is 1. The van der Waals surface area contributed by atoms with Gasteiger partial charge in [0.15, 0.2) is 5.72 Å². The second-order valence-corrected chi connectivity index (χ2v) is 6.54. The third-order valence-electron chi connectivity index (χ3n) is 4.31. The molecule has 102 valence electrons. The zero-order valence-corrected chi connectivity index (χ0v) is 12.1. The molecule has 0 atom stereocenters. The van der Waals surface area contributed by atoms with Crippen molar-refractivity contribution in [2.45, 2.75) is 28.4 Å². The Labute approximate surface area is 123 Å². The third kappa shape index (κ3) is 1.67. The van der Waals surface area contributed by atoms with Crippen molar-refractivity contribution in [3.8, 4) is 0 Å². The Morgan fingerprint density at radius 3 is 1.90 bits per heavy atom. The fourth-order valence-corrected chi connectivity index (χ4v) is 4.50. The summed E-state index contributed by atoms with van der Waals surface area (Å²) in [5, 5.41) is 11.6. The summed E-state index contributed by atoms with van der Waals surface area (Å²) in [6, 6.07) is 16.5. The first-order valence-electron chi connectivity index (χ1n) is 7.14. The summed E-state index contributed by atoms with van der Waals surface area (Å²) in [6.07, 6.45) is 2.33. The molecule has 4 rings (SSSR count). The van der Waals surface area contributed by atoms with Crippen LogP contribution in [0.2, 0.25) is 0 Å². The number of benzene rings is 2. The molecule has 20 heavy (non-hydrogen) atoms. The SMILES string of the molecule is OC1(N2CCCC2)c2ccccc2Sc2ccccc21. The van der Waals surface area contributed by atoms with Gasteiger partial charge < -0.3 is 5.11 Å². The highest BCUT2D eigenvalue weighted by Gasteiger charge is 2.44. The second-order valence-electron chi connectivity index (χ2n) is 5.46. The zero-order chi connectivity index (χ0) is 13.6. The lowest BCUT2D eigenvalue weighted by Crippen LogP contribution is -2.47. The van der Waals surface area contributed by atoms with Crippen LogP contribution in [0.1, 0.15) is 24.0 Å². The number of rotatable bonds is 1. The first-order valence-corrected chi connectivity index (χ1v) is 7.96. The minimum absolute atomic E-state index is 0.962. The molecular formula is C17H17NOS. The lowest BCUT2D eigenvalue weighted by atomic mass is 9.92. The highest BCUT2D eigenvalue weighted by atomic mass is 32.2. The van der Waals surface area contributed by atoms with Crippen LogP contribution in [-0.2, 0) is 5.72 Å². The molecule has 3 heteroatoms. The number of hydrogen-bond acceptors (Lipinski definition) is 3. The minimum atomic E-state index is -0.963. The van der Waals surface area contributed by atoms with Crippen molar-refractivity contribution in [1.29, 1.82) is 0 Å². The molecule has 1 N–H and O–H groups in total. The van der Waals surface area contributed by atoms with Gasteiger partial charge >= 0.3 is 0 Å². The molecule has 2 nitrogen and oxygen atoms in total. The molecule has 0 unspecified atom stereocenters. The average Bonchev–Trinajstić information content (AvgIpc) is 3.02. The quantitative estimate of drug-likeness (QED) is 0.867. The Morgan fingerprint density at radius 1 is 0.850 bits per heavy atom. The molecule has 1 saturated heterocycles. The van der Waals surface area contributed by atoms with Gasteiger partial charge in [-0.3, -0.25) is 4.90 Å². The Kier molecular flexibility index (Phi) is 2.88. The molecule has 0 amide bonds. The van der Waals surface area contributed by atoms with Crippen molar-refractivity contribution >= 4 is 11.8 Å². The smallest absolute Gasteiger partial charge is 0.173 e. The van der Waals surface area contributed by atoms with E-state index in [1.165, 1.54) is 22.6 Å². The highest BCUT2D eigenvalue weighted by Crippen LogP contribution is 2.49. The summed E-state index contributed by atoms with van der Waals surface area (Å²) in [5.41, 5.74) is 1.10. The van der Waals surface area contributed by atoms with Crippen LogP contribution in [0.3, 0.4) is 0 Å². The Balaban J connectivity index is 1.96. The van der Waals surface area contributed by atoms with Gasteiger partial charge in [0, 0.05) is 34.0 Å². The highest BCUT2D eigenvalue weighted by molar-refractivity contribution is 7.99. The van der Waals surface area contributed by atoms with E-state index in [0.29, 0.717) is 0 Å². The summed E-state index contributed by atoms with van der Waals surface area (Å²) in [5.74, 6) is 0. The van der Waals surface area contributed by atoms with Gasteiger partial charge in [-0.1, -0.05) is 48.2 Å². The largest absolute Gasteiger partial charge is 0.367 e. The standard InChI is InChI=1S/C17H17NOS/c19-17(18-11-5-6-12-18)13-7-1-3-9-15(13)20-16-10-4-2-8-14(16)17/h1-4,7-10,19H,5-6,11-12H2. The fourth-order valence-electron chi connectivity index (χ4n) is 3.33. The lowest BCUT2D eigenvalue weighted by molar-refractivity contribution is -0.0727. The molecule has 2 heterocycles. The molecule has 2 aliphatic rings. The van der Waals surface area contributed by atoms with Crippen molar-refractivity contribution in [1.82, 2.24) is 4.90 Å². The molecule has 0 aromatic heterocycles. The number of aliphatic hydroxyl groups is 1. The van der Waals surface area contributed by atoms with E-state index in [9.17, 15) is 5.11 Å². The maximum atomic E-state index is 11.6. The minimum Gasteiger partial charge on any atom is -0.367 e. The second kappa shape index (κ2) is 4.62. The maximum Gasteiger partial charge on any atom is 0.173 e. The van der Waals surface area contributed by atoms with Crippen molar-refractivity contribution in [3.63, 3.8) is 0 Å². The first kappa shape index (κ1) is 12.5. The van der Waals surface area contributed by atoms with E-state index in [-0.39, 0.29) is 0 Å². The van der Waals surface area contributed by atoms with Crippen molar-refractivity contribution in [3.05, 3.63) is 59.7 Å². The van der Waals surface area contributed by atoms with Crippen molar-refractivity contribution < 1.29 is 5.11 Å². The Hall–Kier alpha value is -1.29. The molecule has 2 aromatic rings. The molecule has 1 fully saturated rings. The third-order valence-corrected chi connectivity index (χ3v) is 5.46. The summed E-state index contributed by atoms with van der Waals surface area (Å²) >= 11 is 1.76. The number of hydrogen-bond donors (Lipinski definition) is 1. The monoisotopic (exact) mass is 283 g/mol. The molecule has 0 saturated carbocycles. The van der Waals surface area contributed by atoms with Gasteiger partial charge in [0.25, 0.3) is 0 Å². The van der Waals surface area contributed by atoms with Crippen molar-refractivity contribution in [2.75, 3.05) is 13.1 Å². The predicted octanol–water partition coefficient (Wildman–Crippen LogP) is 3.44. The first-order chi connectivity index (χ1) is 9.80. The summed E-state index contributed by atoms with van der Waals surface area (Å²) in [4.78, 5) is 4.56. The Bertz CT molecular complexity index is 603. The zero-order valence-electron chi connectivity index (χ0n) is 11.2. The van der Waals surface area contributed by atoms with Crippen LogP contribution < -0.4 is 0 Å². The van der Waals surface area contributed by atoms with Crippen LogP contribution in [0.4, 0.5) is 0 Å². The van der Waals surface area contributed by atoms with Crippen LogP contribution in [-0.4, -0.2) is 23.1 Å². The van der Waals surface area contributed by atoms with E-state index in [2.05, 4.69) is 29.2 Å². The molecular weight excluding hydrogens is 266 g/mol. The van der Waals surface area contributed by atoms with E-state index in [1.54, 1.807) is 11.8 Å². The molecule has 2 aliphatic heterocycles. The van der Waals surface area contributed by atoms with E-state index in [1.807, 2.05) is 24.3 Å². The average molecular weight is 283 g/mol. The van der Waals surface area contributed by atoms with Crippen LogP contribution in [0.15, 0.2) is 58.3 Å². The summed E-state index contributed by atoms with van der Waals surface area (Å²) < 4.78 is 0. The number of fused-ring (bicyclic) bond motifs is 2. The predicted molar refractivity (Wildman–Crippen MR) is 80.8 cm³/mol. The van der Waals surface area contributed by atoms with Crippen molar-refractivity contribution in [2.24, 2.45) is 0 Å². The van der Waals surface area contributed by atoms with Crippen LogP contribution in [0.5, 0.6) is 0 Å². The molecule has 0 bridgehead atoms. The molecule has 0 radical (unpaired) electrons. The summed E-state index contributed by atoms with van der Waals surface area (Å²) in [6.45, 7) is 1.92. The summed E-state index contributed by atoms with van der Waals surface area (Å²) in [7, 11) is 0. The fraction of sp³-hybridized carbons (Fsp3) is 0.294. The van der Waals surface area contributed by atoms with Crippen LogP contribution >= 0.6 is 11.8 Å². The van der Waals surface area contributed by atoms with E-state index < -0.39 is 5.72 Å². The van der Waals surface area contributed by atoms with Gasteiger partial charge in [-0.25, -0.2) is 0 Å². The van der Waals surface area contributed by atoms with Crippen LogP contribution in [0, 0.1) is 0 Å². The lowest BCUT2D eigenvalue weighted by Gasteiger charge is -2.42. The van der Waals surface area contributed by atoms with Gasteiger partial charge in [-0.2, -0.15) is 0 Å². The topological polar surface area (TPSA) is 23.5 Å². The maximum absolute atomic E-state index is 11.6. The van der Waals surface area contributed by atoms with Gasteiger partial charge in [-0.15, -0.1) is 0 Å². The normalized spacial score (nSPS) is 20.4. The van der Waals surface area contributed by atoms with E-state index in [0.717, 1.165) is 24.2 Å². The molecule has 0 aliphatic carbocycles. The van der Waals surface area contributed by atoms with E-state index in [4.69, 9.17) is 0 Å². The van der Waals surface area contributed by atoms with Gasteiger partial charge in [0.2, 0.25) is 0 Å². The van der Waals surface area contributed by atoms with E-state index >= 15 is 0 Å². The Morgan fingerprint density at radius 2 is 1.35 bits per heavy atom. The van der Waals surface area contributed by atoms with Gasteiger partial charge in [-0.05, 0) is 25.0 Å².